The highest BCUT2D eigenvalue weighted by molar-refractivity contribution is 5.92. The Morgan fingerprint density at radius 1 is 1.30 bits per heavy atom. The van der Waals surface area contributed by atoms with Gasteiger partial charge in [-0.15, -0.1) is 0 Å². The molecule has 0 spiro atoms. The van der Waals surface area contributed by atoms with Crippen molar-refractivity contribution in [2.45, 2.75) is 25.8 Å². The van der Waals surface area contributed by atoms with Gasteiger partial charge in [0.25, 0.3) is 5.91 Å². The van der Waals surface area contributed by atoms with E-state index >= 15 is 0 Å². The number of aromatic nitrogens is 1. The van der Waals surface area contributed by atoms with Gasteiger partial charge in [0.2, 0.25) is 0 Å². The van der Waals surface area contributed by atoms with Gasteiger partial charge < -0.3 is 18.9 Å². The number of carbonyl (C=O) groups excluding carboxylic acids is 1. The quantitative estimate of drug-likeness (QED) is 0.867. The van der Waals surface area contributed by atoms with Gasteiger partial charge in [0, 0.05) is 18.2 Å². The Bertz CT molecular complexity index is 710. The summed E-state index contributed by atoms with van der Waals surface area (Å²) in [5.74, 6) is 2.02. The summed E-state index contributed by atoms with van der Waals surface area (Å²) in [7, 11) is 3.26. The van der Waals surface area contributed by atoms with Gasteiger partial charge in [-0.1, -0.05) is 5.16 Å². The van der Waals surface area contributed by atoms with Gasteiger partial charge in [-0.2, -0.15) is 0 Å². The molecule has 6 nitrogen and oxygen atoms in total. The van der Waals surface area contributed by atoms with Crippen molar-refractivity contribution < 1.29 is 18.8 Å². The molecular formula is C17H20N2O4. The molecule has 0 saturated carbocycles. The number of aryl methyl sites for hydroxylation is 1. The maximum atomic E-state index is 12.7. The minimum absolute atomic E-state index is 0.0513. The van der Waals surface area contributed by atoms with Gasteiger partial charge in [-0.3, -0.25) is 4.79 Å². The van der Waals surface area contributed by atoms with E-state index in [1.807, 2.05) is 23.1 Å². The molecule has 0 radical (unpaired) electrons. The van der Waals surface area contributed by atoms with Crippen molar-refractivity contribution in [3.05, 3.63) is 41.3 Å². The second-order valence-electron chi connectivity index (χ2n) is 5.59. The number of hydrogen-bond acceptors (Lipinski definition) is 5. The molecule has 1 atom stereocenters. The summed E-state index contributed by atoms with van der Waals surface area (Å²) in [6, 6.07) is 7.27. The van der Waals surface area contributed by atoms with Crippen LogP contribution in [0.2, 0.25) is 0 Å². The molecule has 1 amide bonds. The highest BCUT2D eigenvalue weighted by atomic mass is 16.5. The zero-order valence-corrected chi connectivity index (χ0v) is 13.5. The molecule has 1 fully saturated rings. The minimum Gasteiger partial charge on any atom is -0.497 e. The Morgan fingerprint density at radius 2 is 2.13 bits per heavy atom. The van der Waals surface area contributed by atoms with E-state index in [1.54, 1.807) is 27.2 Å². The number of rotatable bonds is 4. The number of ether oxygens (including phenoxy) is 2. The predicted octanol–water partition coefficient (Wildman–Crippen LogP) is 2.98. The summed E-state index contributed by atoms with van der Waals surface area (Å²) >= 11 is 0. The average Bonchev–Trinajstić information content (AvgIpc) is 3.22. The molecule has 1 aliphatic rings. The largest absolute Gasteiger partial charge is 0.497 e. The van der Waals surface area contributed by atoms with Gasteiger partial charge in [0.15, 0.2) is 5.69 Å². The first-order valence-electron chi connectivity index (χ1n) is 7.60. The van der Waals surface area contributed by atoms with Gasteiger partial charge >= 0.3 is 0 Å². The van der Waals surface area contributed by atoms with Crippen molar-refractivity contribution in [2.75, 3.05) is 20.8 Å². The van der Waals surface area contributed by atoms with Crippen LogP contribution in [0.15, 0.2) is 28.8 Å². The van der Waals surface area contributed by atoms with E-state index in [4.69, 9.17) is 14.0 Å². The highest BCUT2D eigenvalue weighted by Gasteiger charge is 2.33. The number of benzene rings is 1. The summed E-state index contributed by atoms with van der Waals surface area (Å²) in [6.45, 7) is 2.46. The third-order valence-electron chi connectivity index (χ3n) is 4.16. The molecule has 1 saturated heterocycles. The molecule has 1 aromatic heterocycles. The lowest BCUT2D eigenvalue weighted by Gasteiger charge is -2.26. The molecular weight excluding hydrogens is 296 g/mol. The molecule has 23 heavy (non-hydrogen) atoms. The Balaban J connectivity index is 1.94. The van der Waals surface area contributed by atoms with Gasteiger partial charge in [0.1, 0.15) is 17.3 Å². The molecule has 3 rings (SSSR count). The molecule has 0 unspecified atom stereocenters. The van der Waals surface area contributed by atoms with E-state index < -0.39 is 0 Å². The number of amides is 1. The van der Waals surface area contributed by atoms with E-state index in [2.05, 4.69) is 5.16 Å². The van der Waals surface area contributed by atoms with Crippen LogP contribution in [0.3, 0.4) is 0 Å². The first kappa shape index (κ1) is 15.4. The van der Waals surface area contributed by atoms with Crippen LogP contribution in [0.25, 0.3) is 0 Å². The van der Waals surface area contributed by atoms with E-state index in [0.717, 1.165) is 29.9 Å². The topological polar surface area (TPSA) is 64.8 Å². The van der Waals surface area contributed by atoms with E-state index in [-0.39, 0.29) is 11.9 Å². The molecule has 2 heterocycles. The van der Waals surface area contributed by atoms with Crippen LogP contribution in [0.4, 0.5) is 0 Å². The van der Waals surface area contributed by atoms with Crippen molar-refractivity contribution in [2.24, 2.45) is 0 Å². The number of hydrogen-bond donors (Lipinski definition) is 0. The molecule has 6 heteroatoms. The third kappa shape index (κ3) is 2.88. The highest BCUT2D eigenvalue weighted by Crippen LogP contribution is 2.39. The van der Waals surface area contributed by atoms with E-state index in [1.165, 1.54) is 0 Å². The van der Waals surface area contributed by atoms with Crippen LogP contribution in [0.1, 0.15) is 40.7 Å². The van der Waals surface area contributed by atoms with E-state index in [0.29, 0.717) is 18.0 Å². The fourth-order valence-corrected chi connectivity index (χ4v) is 3.05. The Morgan fingerprint density at radius 3 is 2.78 bits per heavy atom. The number of likely N-dealkylation sites (tertiary alicyclic amines) is 1. The van der Waals surface area contributed by atoms with Gasteiger partial charge in [-0.25, -0.2) is 0 Å². The lowest BCUT2D eigenvalue weighted by atomic mass is 10.0. The van der Waals surface area contributed by atoms with Crippen LogP contribution in [-0.4, -0.2) is 36.7 Å². The molecule has 0 N–H and O–H groups in total. The number of carbonyl (C=O) groups is 1. The molecule has 2 aromatic rings. The Hall–Kier alpha value is -2.50. The Labute approximate surface area is 135 Å². The molecule has 1 aromatic carbocycles. The van der Waals surface area contributed by atoms with Crippen LogP contribution in [-0.2, 0) is 0 Å². The van der Waals surface area contributed by atoms with Crippen LogP contribution in [0, 0.1) is 6.92 Å². The smallest absolute Gasteiger partial charge is 0.276 e. The van der Waals surface area contributed by atoms with Crippen LogP contribution >= 0.6 is 0 Å². The lowest BCUT2D eigenvalue weighted by molar-refractivity contribution is 0.0723. The zero-order valence-electron chi connectivity index (χ0n) is 13.5. The first-order chi connectivity index (χ1) is 11.1. The maximum Gasteiger partial charge on any atom is 0.276 e. The summed E-state index contributed by atoms with van der Waals surface area (Å²) < 4.78 is 15.8. The van der Waals surface area contributed by atoms with Crippen molar-refractivity contribution in [3.63, 3.8) is 0 Å². The van der Waals surface area contributed by atoms with Crippen molar-refractivity contribution in [1.29, 1.82) is 0 Å². The van der Waals surface area contributed by atoms with Crippen LogP contribution in [0.5, 0.6) is 11.5 Å². The number of nitrogens with zero attached hydrogens (tertiary/aromatic N) is 2. The Kier molecular flexibility index (Phi) is 4.23. The normalized spacial score (nSPS) is 17.3. The molecule has 1 aliphatic heterocycles. The summed E-state index contributed by atoms with van der Waals surface area (Å²) in [5.41, 5.74) is 1.30. The standard InChI is InChI=1S/C17H20N2O4/c1-11-9-14(18-23-11)17(20)19-8-4-5-15(19)13-10-12(21-2)6-7-16(13)22-3/h6-7,9-10,15H,4-5,8H2,1-3H3/t15-/m0/s1. The second-order valence-corrected chi connectivity index (χ2v) is 5.59. The maximum absolute atomic E-state index is 12.7. The second kappa shape index (κ2) is 6.32. The van der Waals surface area contributed by atoms with Crippen LogP contribution < -0.4 is 9.47 Å². The van der Waals surface area contributed by atoms with Crippen molar-refractivity contribution in [3.8, 4) is 11.5 Å². The zero-order chi connectivity index (χ0) is 16.4. The SMILES string of the molecule is COc1ccc(OC)c([C@@H]2CCCN2C(=O)c2cc(C)on2)c1. The fourth-order valence-electron chi connectivity index (χ4n) is 3.05. The summed E-state index contributed by atoms with van der Waals surface area (Å²) in [4.78, 5) is 14.6. The molecule has 0 bridgehead atoms. The lowest BCUT2D eigenvalue weighted by Crippen LogP contribution is -2.31. The van der Waals surface area contributed by atoms with Crippen molar-refractivity contribution in [1.82, 2.24) is 10.1 Å². The van der Waals surface area contributed by atoms with Gasteiger partial charge in [-0.05, 0) is 38.0 Å². The fraction of sp³-hybridized carbons (Fsp3) is 0.412. The third-order valence-corrected chi connectivity index (χ3v) is 4.16. The average molecular weight is 316 g/mol. The minimum atomic E-state index is -0.116. The molecule has 122 valence electrons. The summed E-state index contributed by atoms with van der Waals surface area (Å²) in [6.07, 6.45) is 1.82. The van der Waals surface area contributed by atoms with E-state index in [9.17, 15) is 4.79 Å². The number of methoxy groups -OCH3 is 2. The van der Waals surface area contributed by atoms with Gasteiger partial charge in [0.05, 0.1) is 20.3 Å². The monoisotopic (exact) mass is 316 g/mol. The predicted molar refractivity (Wildman–Crippen MR) is 83.8 cm³/mol. The molecule has 0 aliphatic carbocycles. The first-order valence-corrected chi connectivity index (χ1v) is 7.60. The summed E-state index contributed by atoms with van der Waals surface area (Å²) in [5, 5.41) is 3.84. The van der Waals surface area contributed by atoms with Crippen molar-refractivity contribution >= 4 is 5.91 Å².